The lowest BCUT2D eigenvalue weighted by atomic mass is 10.0. The van der Waals surface area contributed by atoms with Crippen molar-refractivity contribution < 1.29 is 19.1 Å². The van der Waals surface area contributed by atoms with E-state index in [2.05, 4.69) is 5.32 Å². The number of carbonyl (C=O) groups is 3. The third-order valence-corrected chi connectivity index (χ3v) is 5.27. The van der Waals surface area contributed by atoms with Crippen LogP contribution in [-0.4, -0.2) is 35.8 Å². The number of rotatable bonds is 8. The van der Waals surface area contributed by atoms with Gasteiger partial charge in [-0.3, -0.25) is 14.4 Å². The predicted molar refractivity (Wildman–Crippen MR) is 113 cm³/mol. The Morgan fingerprint density at radius 2 is 1.83 bits per heavy atom. The van der Waals surface area contributed by atoms with E-state index in [-0.39, 0.29) is 30.6 Å². The third-order valence-electron chi connectivity index (χ3n) is 5.27. The molecule has 1 heterocycles. The van der Waals surface area contributed by atoms with Gasteiger partial charge in [-0.25, -0.2) is 0 Å². The highest BCUT2D eigenvalue weighted by atomic mass is 16.5. The summed E-state index contributed by atoms with van der Waals surface area (Å²) in [5.74, 6) is -1.04. The van der Waals surface area contributed by atoms with Crippen molar-refractivity contribution in [1.29, 1.82) is 0 Å². The molecule has 0 radical (unpaired) electrons. The Bertz CT molecular complexity index is 880. The van der Waals surface area contributed by atoms with E-state index in [0.29, 0.717) is 19.7 Å². The zero-order valence-electron chi connectivity index (χ0n) is 17.5. The van der Waals surface area contributed by atoms with Crippen molar-refractivity contribution in [2.24, 2.45) is 5.92 Å². The Kier molecular flexibility index (Phi) is 7.22. The molecule has 1 saturated heterocycles. The molecule has 158 valence electrons. The minimum Gasteiger partial charge on any atom is -0.466 e. The van der Waals surface area contributed by atoms with Crippen LogP contribution in [0.2, 0.25) is 0 Å². The summed E-state index contributed by atoms with van der Waals surface area (Å²) in [6, 6.07) is 16.9. The smallest absolute Gasteiger partial charge is 0.308 e. The van der Waals surface area contributed by atoms with E-state index in [1.807, 2.05) is 61.5 Å². The molecule has 6 nitrogen and oxygen atoms in total. The zero-order valence-corrected chi connectivity index (χ0v) is 17.5. The minimum atomic E-state index is -0.487. The van der Waals surface area contributed by atoms with Gasteiger partial charge in [-0.1, -0.05) is 60.2 Å². The molecule has 0 bridgehead atoms. The van der Waals surface area contributed by atoms with Crippen molar-refractivity contribution in [3.8, 4) is 0 Å². The van der Waals surface area contributed by atoms with Crippen LogP contribution in [0.4, 0.5) is 0 Å². The maximum atomic E-state index is 12.9. The molecule has 1 aliphatic heterocycles. The minimum absolute atomic E-state index is 0.0302. The van der Waals surface area contributed by atoms with Crippen molar-refractivity contribution in [1.82, 2.24) is 10.2 Å². The predicted octanol–water partition coefficient (Wildman–Crippen LogP) is 3.15. The molecule has 2 aromatic carbocycles. The van der Waals surface area contributed by atoms with Gasteiger partial charge in [0.1, 0.15) is 0 Å². The second-order valence-corrected chi connectivity index (χ2v) is 7.64. The summed E-state index contributed by atoms with van der Waals surface area (Å²) in [5.41, 5.74) is 3.04. The van der Waals surface area contributed by atoms with Crippen molar-refractivity contribution in [2.45, 2.75) is 39.3 Å². The fraction of sp³-hybridized carbons (Fsp3) is 0.375. The number of hydrogen-bond acceptors (Lipinski definition) is 4. The van der Waals surface area contributed by atoms with E-state index in [0.717, 1.165) is 16.7 Å². The lowest BCUT2D eigenvalue weighted by Gasteiger charge is -2.21. The lowest BCUT2D eigenvalue weighted by molar-refractivity contribution is -0.144. The van der Waals surface area contributed by atoms with Gasteiger partial charge in [0.15, 0.2) is 0 Å². The summed E-state index contributed by atoms with van der Waals surface area (Å²) >= 11 is 0. The Balaban J connectivity index is 1.64. The second kappa shape index (κ2) is 10.1. The van der Waals surface area contributed by atoms with Gasteiger partial charge in [0.25, 0.3) is 0 Å². The molecule has 2 unspecified atom stereocenters. The molecular weight excluding hydrogens is 380 g/mol. The van der Waals surface area contributed by atoms with Crippen molar-refractivity contribution in [3.63, 3.8) is 0 Å². The largest absolute Gasteiger partial charge is 0.466 e. The molecule has 0 aliphatic carbocycles. The standard InChI is InChI=1S/C24H28N2O4/c1-3-30-23(28)14-21(19-7-5-4-6-8-19)25-24(29)20-13-22(27)26(16-20)15-18-11-9-17(2)10-12-18/h4-12,20-21H,3,13-16H2,1-2H3,(H,25,29). The highest BCUT2D eigenvalue weighted by Gasteiger charge is 2.35. The SMILES string of the molecule is CCOC(=O)CC(NC(=O)C1CC(=O)N(Cc2ccc(C)cc2)C1)c1ccccc1. The molecule has 2 aromatic rings. The lowest BCUT2D eigenvalue weighted by Crippen LogP contribution is -2.36. The van der Waals surface area contributed by atoms with Gasteiger partial charge in [-0.05, 0) is 25.0 Å². The number of aryl methyl sites for hydroxylation is 1. The Hall–Kier alpha value is -3.15. The van der Waals surface area contributed by atoms with Crippen LogP contribution in [0.5, 0.6) is 0 Å². The average Bonchev–Trinajstić information content (AvgIpc) is 3.10. The fourth-order valence-corrected chi connectivity index (χ4v) is 3.63. The van der Waals surface area contributed by atoms with Gasteiger partial charge in [-0.15, -0.1) is 0 Å². The maximum absolute atomic E-state index is 12.9. The van der Waals surface area contributed by atoms with E-state index in [1.165, 1.54) is 0 Å². The number of benzene rings is 2. The van der Waals surface area contributed by atoms with Crippen LogP contribution in [0, 0.1) is 12.8 Å². The molecule has 2 atom stereocenters. The summed E-state index contributed by atoms with van der Waals surface area (Å²) in [4.78, 5) is 39.1. The fourth-order valence-electron chi connectivity index (χ4n) is 3.63. The number of esters is 1. The second-order valence-electron chi connectivity index (χ2n) is 7.64. The molecule has 0 saturated carbocycles. The van der Waals surface area contributed by atoms with E-state index < -0.39 is 12.0 Å². The number of nitrogens with zero attached hydrogens (tertiary/aromatic N) is 1. The molecule has 0 spiro atoms. The number of amides is 2. The quantitative estimate of drug-likeness (QED) is 0.681. The number of ether oxygens (including phenoxy) is 1. The van der Waals surface area contributed by atoms with Crippen molar-refractivity contribution in [3.05, 3.63) is 71.3 Å². The Morgan fingerprint density at radius 3 is 2.50 bits per heavy atom. The van der Waals surface area contributed by atoms with Crippen LogP contribution in [-0.2, 0) is 25.7 Å². The molecular formula is C24H28N2O4. The first-order chi connectivity index (χ1) is 14.5. The van der Waals surface area contributed by atoms with Gasteiger partial charge in [0.2, 0.25) is 11.8 Å². The first-order valence-electron chi connectivity index (χ1n) is 10.3. The van der Waals surface area contributed by atoms with E-state index in [1.54, 1.807) is 11.8 Å². The molecule has 2 amide bonds. The van der Waals surface area contributed by atoms with Gasteiger partial charge in [0, 0.05) is 19.5 Å². The van der Waals surface area contributed by atoms with E-state index >= 15 is 0 Å². The molecule has 1 fully saturated rings. The third kappa shape index (κ3) is 5.69. The van der Waals surface area contributed by atoms with Crippen LogP contribution >= 0.6 is 0 Å². The maximum Gasteiger partial charge on any atom is 0.308 e. The molecule has 0 aromatic heterocycles. The Morgan fingerprint density at radius 1 is 1.13 bits per heavy atom. The van der Waals surface area contributed by atoms with Crippen LogP contribution in [0.25, 0.3) is 0 Å². The van der Waals surface area contributed by atoms with E-state index in [9.17, 15) is 14.4 Å². The summed E-state index contributed by atoms with van der Waals surface area (Å²) in [6.07, 6.45) is 0.232. The summed E-state index contributed by atoms with van der Waals surface area (Å²) in [6.45, 7) is 4.93. The Labute approximate surface area is 177 Å². The summed E-state index contributed by atoms with van der Waals surface area (Å²) < 4.78 is 5.06. The van der Waals surface area contributed by atoms with Crippen LogP contribution in [0.1, 0.15) is 42.5 Å². The first-order valence-corrected chi connectivity index (χ1v) is 10.3. The zero-order chi connectivity index (χ0) is 21.5. The average molecular weight is 408 g/mol. The first kappa shape index (κ1) is 21.6. The van der Waals surface area contributed by atoms with Gasteiger partial charge in [-0.2, -0.15) is 0 Å². The topological polar surface area (TPSA) is 75.7 Å². The summed E-state index contributed by atoms with van der Waals surface area (Å²) in [7, 11) is 0. The molecule has 3 rings (SSSR count). The van der Waals surface area contributed by atoms with Gasteiger partial charge in [0.05, 0.1) is 25.0 Å². The number of nitrogens with one attached hydrogen (secondary N) is 1. The monoisotopic (exact) mass is 408 g/mol. The molecule has 6 heteroatoms. The number of hydrogen-bond donors (Lipinski definition) is 1. The number of carbonyl (C=O) groups excluding carboxylic acids is 3. The normalized spacial score (nSPS) is 16.9. The van der Waals surface area contributed by atoms with Crippen LogP contribution < -0.4 is 5.32 Å². The molecule has 1 N–H and O–H groups in total. The molecule has 30 heavy (non-hydrogen) atoms. The van der Waals surface area contributed by atoms with Crippen molar-refractivity contribution >= 4 is 17.8 Å². The van der Waals surface area contributed by atoms with Gasteiger partial charge < -0.3 is 15.0 Å². The number of likely N-dealkylation sites (tertiary alicyclic amines) is 1. The van der Waals surface area contributed by atoms with E-state index in [4.69, 9.17) is 4.74 Å². The van der Waals surface area contributed by atoms with Crippen LogP contribution in [0.15, 0.2) is 54.6 Å². The van der Waals surface area contributed by atoms with Crippen LogP contribution in [0.3, 0.4) is 0 Å². The highest BCUT2D eigenvalue weighted by Crippen LogP contribution is 2.23. The highest BCUT2D eigenvalue weighted by molar-refractivity contribution is 5.89. The molecule has 1 aliphatic rings. The summed E-state index contributed by atoms with van der Waals surface area (Å²) in [5, 5.41) is 2.96. The van der Waals surface area contributed by atoms with Gasteiger partial charge >= 0.3 is 5.97 Å². The van der Waals surface area contributed by atoms with Crippen molar-refractivity contribution in [2.75, 3.05) is 13.2 Å².